The summed E-state index contributed by atoms with van der Waals surface area (Å²) in [6.07, 6.45) is 3.51. The molecule has 0 aliphatic heterocycles. The predicted octanol–water partition coefficient (Wildman–Crippen LogP) is 4.79. The molecular weight excluding hydrogens is 246 g/mol. The number of furan rings is 1. The first-order chi connectivity index (χ1) is 8.84. The van der Waals surface area contributed by atoms with Crippen LogP contribution in [0.5, 0.6) is 0 Å². The maximum atomic E-state index is 6.29. The summed E-state index contributed by atoms with van der Waals surface area (Å²) in [6.45, 7) is 0. The van der Waals surface area contributed by atoms with Crippen molar-refractivity contribution in [2.45, 2.75) is 0 Å². The van der Waals surface area contributed by atoms with Crippen molar-refractivity contribution >= 4 is 44.3 Å². The second-order valence-electron chi connectivity index (χ2n) is 4.25. The van der Waals surface area contributed by atoms with Gasteiger partial charge in [0.2, 0.25) is 0 Å². The van der Waals surface area contributed by atoms with Gasteiger partial charge in [0.25, 0.3) is 0 Å². The molecule has 4 aromatic rings. The Balaban J connectivity index is 2.35. The third kappa shape index (κ3) is 1.21. The Bertz CT molecular complexity index is 895. The van der Waals surface area contributed by atoms with Crippen LogP contribution in [0.1, 0.15) is 0 Å². The van der Waals surface area contributed by atoms with Gasteiger partial charge in [-0.2, -0.15) is 0 Å². The number of benzene rings is 2. The van der Waals surface area contributed by atoms with Gasteiger partial charge in [0.1, 0.15) is 5.58 Å². The van der Waals surface area contributed by atoms with E-state index in [9.17, 15) is 0 Å². The molecule has 0 aliphatic carbocycles. The van der Waals surface area contributed by atoms with Crippen LogP contribution < -0.4 is 0 Å². The minimum atomic E-state index is 0.713. The molecule has 2 aromatic carbocycles. The summed E-state index contributed by atoms with van der Waals surface area (Å²) in [5, 5.41) is 4.91. The van der Waals surface area contributed by atoms with E-state index in [1.807, 2.05) is 24.3 Å². The molecule has 0 bridgehead atoms. The van der Waals surface area contributed by atoms with Gasteiger partial charge in [0.05, 0.1) is 11.2 Å². The van der Waals surface area contributed by atoms with Gasteiger partial charge in [-0.15, -0.1) is 0 Å². The molecule has 3 heteroatoms. The van der Waals surface area contributed by atoms with E-state index < -0.39 is 0 Å². The molecule has 0 amide bonds. The van der Waals surface area contributed by atoms with Crippen molar-refractivity contribution in [1.29, 1.82) is 0 Å². The summed E-state index contributed by atoms with van der Waals surface area (Å²) in [7, 11) is 0. The number of rotatable bonds is 0. The largest absolute Gasteiger partial charge is 0.454 e. The van der Waals surface area contributed by atoms with Crippen LogP contribution in [0.4, 0.5) is 0 Å². The highest BCUT2D eigenvalue weighted by Crippen LogP contribution is 2.36. The lowest BCUT2D eigenvalue weighted by molar-refractivity contribution is 0.670. The van der Waals surface area contributed by atoms with E-state index in [1.54, 1.807) is 12.4 Å². The average Bonchev–Trinajstić information content (AvgIpc) is 2.77. The van der Waals surface area contributed by atoms with Crippen LogP contribution in [0.15, 0.2) is 53.2 Å². The zero-order valence-corrected chi connectivity index (χ0v) is 10.1. The molecule has 0 radical (unpaired) electrons. The van der Waals surface area contributed by atoms with Crippen LogP contribution >= 0.6 is 11.6 Å². The van der Waals surface area contributed by atoms with E-state index >= 15 is 0 Å². The fourth-order valence-electron chi connectivity index (χ4n) is 2.41. The summed E-state index contributed by atoms with van der Waals surface area (Å²) < 4.78 is 5.90. The standard InChI is InChI=1S/C15H8ClNO/c16-12-3-1-2-9-4-5-11-10-6-7-17-8-13(10)18-15(11)14(9)12/h1-8H. The number of pyridine rings is 1. The summed E-state index contributed by atoms with van der Waals surface area (Å²) in [5.41, 5.74) is 1.63. The van der Waals surface area contributed by atoms with E-state index in [0.717, 1.165) is 32.7 Å². The highest BCUT2D eigenvalue weighted by atomic mass is 35.5. The highest BCUT2D eigenvalue weighted by Gasteiger charge is 2.11. The van der Waals surface area contributed by atoms with Crippen LogP contribution in [-0.4, -0.2) is 4.98 Å². The molecule has 0 N–H and O–H groups in total. The van der Waals surface area contributed by atoms with E-state index in [-0.39, 0.29) is 0 Å². The molecule has 0 saturated heterocycles. The van der Waals surface area contributed by atoms with Crippen molar-refractivity contribution in [3.05, 3.63) is 53.8 Å². The number of halogens is 1. The lowest BCUT2D eigenvalue weighted by atomic mass is 10.1. The Morgan fingerprint density at radius 1 is 1.00 bits per heavy atom. The first-order valence-electron chi connectivity index (χ1n) is 5.68. The molecule has 2 nitrogen and oxygen atoms in total. The van der Waals surface area contributed by atoms with Gasteiger partial charge in [-0.05, 0) is 23.6 Å². The number of aromatic nitrogens is 1. The SMILES string of the molecule is Clc1cccc2ccc3c4ccncc4oc3c12. The van der Waals surface area contributed by atoms with Crippen LogP contribution in [0.25, 0.3) is 32.7 Å². The highest BCUT2D eigenvalue weighted by molar-refractivity contribution is 6.38. The first kappa shape index (κ1) is 9.92. The smallest absolute Gasteiger partial charge is 0.153 e. The Morgan fingerprint density at radius 2 is 1.94 bits per heavy atom. The molecule has 2 aromatic heterocycles. The van der Waals surface area contributed by atoms with Crippen LogP contribution in [0.2, 0.25) is 5.02 Å². The van der Waals surface area contributed by atoms with Crippen molar-refractivity contribution < 1.29 is 4.42 Å². The van der Waals surface area contributed by atoms with Crippen molar-refractivity contribution in [3.63, 3.8) is 0 Å². The minimum Gasteiger partial charge on any atom is -0.454 e. The fourth-order valence-corrected chi connectivity index (χ4v) is 2.68. The van der Waals surface area contributed by atoms with E-state index in [4.69, 9.17) is 16.0 Å². The second kappa shape index (κ2) is 3.47. The number of nitrogens with zero attached hydrogens (tertiary/aromatic N) is 1. The van der Waals surface area contributed by atoms with Gasteiger partial charge in [-0.1, -0.05) is 29.8 Å². The van der Waals surface area contributed by atoms with Gasteiger partial charge < -0.3 is 4.42 Å². The van der Waals surface area contributed by atoms with Crippen LogP contribution in [-0.2, 0) is 0 Å². The van der Waals surface area contributed by atoms with E-state index in [0.29, 0.717) is 5.02 Å². The average molecular weight is 254 g/mol. The Morgan fingerprint density at radius 3 is 2.89 bits per heavy atom. The summed E-state index contributed by atoms with van der Waals surface area (Å²) in [5.74, 6) is 0. The molecule has 18 heavy (non-hydrogen) atoms. The monoisotopic (exact) mass is 253 g/mol. The van der Waals surface area contributed by atoms with Crippen molar-refractivity contribution in [3.8, 4) is 0 Å². The third-order valence-corrected chi connectivity index (χ3v) is 3.55. The number of fused-ring (bicyclic) bond motifs is 5. The Labute approximate surface area is 108 Å². The van der Waals surface area contributed by atoms with Gasteiger partial charge in [-0.25, -0.2) is 0 Å². The van der Waals surface area contributed by atoms with Gasteiger partial charge >= 0.3 is 0 Å². The van der Waals surface area contributed by atoms with Gasteiger partial charge in [0, 0.05) is 22.4 Å². The van der Waals surface area contributed by atoms with E-state index in [1.165, 1.54) is 0 Å². The zero-order chi connectivity index (χ0) is 12.1. The number of hydrogen-bond acceptors (Lipinski definition) is 2. The lowest BCUT2D eigenvalue weighted by Gasteiger charge is -2.00. The quantitative estimate of drug-likeness (QED) is 0.450. The maximum absolute atomic E-state index is 6.29. The Kier molecular flexibility index (Phi) is 1.91. The molecule has 86 valence electrons. The lowest BCUT2D eigenvalue weighted by Crippen LogP contribution is -1.75. The predicted molar refractivity (Wildman–Crippen MR) is 74.0 cm³/mol. The van der Waals surface area contributed by atoms with Crippen LogP contribution in [0, 0.1) is 0 Å². The van der Waals surface area contributed by atoms with Crippen LogP contribution in [0.3, 0.4) is 0 Å². The molecule has 0 aliphatic rings. The topological polar surface area (TPSA) is 26.0 Å². The van der Waals surface area contributed by atoms with Gasteiger partial charge in [-0.3, -0.25) is 4.98 Å². The first-order valence-corrected chi connectivity index (χ1v) is 6.06. The molecular formula is C15H8ClNO. The molecule has 2 heterocycles. The van der Waals surface area contributed by atoms with Crippen molar-refractivity contribution in [2.24, 2.45) is 0 Å². The third-order valence-electron chi connectivity index (χ3n) is 3.23. The maximum Gasteiger partial charge on any atom is 0.153 e. The minimum absolute atomic E-state index is 0.713. The van der Waals surface area contributed by atoms with Gasteiger partial charge in [0.15, 0.2) is 5.58 Å². The molecule has 0 atom stereocenters. The second-order valence-corrected chi connectivity index (χ2v) is 4.66. The molecule has 0 spiro atoms. The zero-order valence-electron chi connectivity index (χ0n) is 9.35. The fraction of sp³-hybridized carbons (Fsp3) is 0. The Hall–Kier alpha value is -2.06. The number of hydrogen-bond donors (Lipinski definition) is 0. The summed E-state index contributed by atoms with van der Waals surface area (Å²) in [4.78, 5) is 4.08. The molecule has 0 unspecified atom stereocenters. The summed E-state index contributed by atoms with van der Waals surface area (Å²) >= 11 is 6.29. The van der Waals surface area contributed by atoms with Crippen molar-refractivity contribution in [1.82, 2.24) is 4.98 Å². The van der Waals surface area contributed by atoms with E-state index in [2.05, 4.69) is 17.1 Å². The normalized spacial score (nSPS) is 11.6. The molecule has 0 fully saturated rings. The molecule has 0 saturated carbocycles. The van der Waals surface area contributed by atoms with Crippen molar-refractivity contribution in [2.75, 3.05) is 0 Å². The molecule has 4 rings (SSSR count). The summed E-state index contributed by atoms with van der Waals surface area (Å²) in [6, 6.07) is 12.0.